The zero-order valence-corrected chi connectivity index (χ0v) is 45.6. The van der Waals surface area contributed by atoms with Crippen molar-refractivity contribution >= 4 is 77.6 Å². The maximum atomic E-state index is 16.1. The van der Waals surface area contributed by atoms with Crippen molar-refractivity contribution in [1.82, 2.24) is 30.5 Å². The Kier molecular flexibility index (Phi) is 17.4. The van der Waals surface area contributed by atoms with E-state index in [2.05, 4.69) is 26.3 Å². The molecule has 6 heterocycles. The van der Waals surface area contributed by atoms with Crippen LogP contribution in [0, 0.1) is 17.6 Å². The van der Waals surface area contributed by atoms with Crippen LogP contribution in [0.4, 0.5) is 14.5 Å². The van der Waals surface area contributed by atoms with Crippen LogP contribution in [0.25, 0.3) is 32.5 Å². The SMILES string of the molecule is CC[C@@]1(O)C(=O)OCc2c1cc1n(c2=O)Cc2c-1nc1cc(F)c(NC(=O)[C@H](C)NC(=O)[C@@H](NC(=O)CCOCCOCCOCCOCCNC(=O)Cc3cc4sc(S(=O)(=O)C5CC5)nc4cc3F)C(C)C)c3c1c2CCO3. The predicted octanol–water partition coefficient (Wildman–Crippen LogP) is 3.24. The molecule has 22 nitrogen and oxygen atoms in total. The van der Waals surface area contributed by atoms with Crippen molar-refractivity contribution in [3.05, 3.63) is 74.1 Å². The highest BCUT2D eigenvalue weighted by molar-refractivity contribution is 7.94. The number of nitrogens with one attached hydrogen (secondary N) is 4. The Morgan fingerprint density at radius 3 is 2.22 bits per heavy atom. The van der Waals surface area contributed by atoms with Crippen LogP contribution >= 0.6 is 11.3 Å². The normalized spacial score (nSPS) is 17.1. The molecule has 0 saturated heterocycles. The monoisotopic (exact) mass is 1140 g/mol. The summed E-state index contributed by atoms with van der Waals surface area (Å²) in [5, 5.41) is 21.8. The number of hydrogen-bond acceptors (Lipinski definition) is 18. The van der Waals surface area contributed by atoms with Gasteiger partial charge in [0.25, 0.3) is 5.56 Å². The number of anilines is 1. The molecule has 3 aliphatic heterocycles. The number of fused-ring (bicyclic) bond motifs is 6. The first kappa shape index (κ1) is 57.1. The summed E-state index contributed by atoms with van der Waals surface area (Å²) in [6.45, 7) is 8.34. The molecular formula is C53H61F2N7O15S2. The van der Waals surface area contributed by atoms with Gasteiger partial charge < -0.3 is 59.4 Å². The molecule has 0 radical (unpaired) electrons. The molecule has 26 heteroatoms. The highest BCUT2D eigenvalue weighted by Gasteiger charge is 2.46. The fourth-order valence-electron chi connectivity index (χ4n) is 9.61. The number of hydrogen-bond donors (Lipinski definition) is 5. The fraction of sp³-hybridized carbons (Fsp3) is 0.509. The van der Waals surface area contributed by atoms with Gasteiger partial charge in [-0.05, 0) is 55.4 Å². The van der Waals surface area contributed by atoms with Crippen molar-refractivity contribution in [2.24, 2.45) is 5.92 Å². The van der Waals surface area contributed by atoms with E-state index < -0.39 is 79.6 Å². The lowest BCUT2D eigenvalue weighted by molar-refractivity contribution is -0.172. The first-order chi connectivity index (χ1) is 37.8. The largest absolute Gasteiger partial charge is 0.490 e. The molecule has 1 aliphatic carbocycles. The van der Waals surface area contributed by atoms with Crippen LogP contribution in [-0.4, -0.2) is 141 Å². The molecule has 4 amide bonds. The quantitative estimate of drug-likeness (QED) is 0.0385. The summed E-state index contributed by atoms with van der Waals surface area (Å²) in [5.74, 6) is -4.98. The van der Waals surface area contributed by atoms with E-state index >= 15 is 4.39 Å². The summed E-state index contributed by atoms with van der Waals surface area (Å²) in [6.07, 6.45) is 1.25. The number of rotatable bonds is 26. The van der Waals surface area contributed by atoms with Crippen LogP contribution in [0.15, 0.2) is 33.4 Å². The van der Waals surface area contributed by atoms with Gasteiger partial charge in [-0.25, -0.2) is 32.0 Å². The maximum Gasteiger partial charge on any atom is 0.343 e. The van der Waals surface area contributed by atoms with Crippen molar-refractivity contribution in [2.45, 2.75) is 107 Å². The summed E-state index contributed by atoms with van der Waals surface area (Å²) in [6, 6.07) is 3.14. The van der Waals surface area contributed by atoms with E-state index in [-0.39, 0.29) is 148 Å². The average Bonchev–Trinajstić information content (AvgIpc) is 4.07. The van der Waals surface area contributed by atoms with Crippen molar-refractivity contribution < 1.29 is 74.7 Å². The van der Waals surface area contributed by atoms with Crippen LogP contribution < -0.4 is 31.6 Å². The molecule has 5 aromatic rings. The van der Waals surface area contributed by atoms with Crippen LogP contribution in [0.2, 0.25) is 0 Å². The molecule has 3 atom stereocenters. The summed E-state index contributed by atoms with van der Waals surface area (Å²) in [5.41, 5.74) is 0.357. The number of esters is 1. The van der Waals surface area contributed by atoms with Crippen LogP contribution in [-0.2, 0) is 89.1 Å². The smallest absolute Gasteiger partial charge is 0.343 e. The van der Waals surface area contributed by atoms with Gasteiger partial charge in [0.1, 0.15) is 30.2 Å². The Labute approximate surface area is 456 Å². The Hall–Kier alpha value is -6.55. The zero-order valence-electron chi connectivity index (χ0n) is 43.9. The molecule has 0 spiro atoms. The molecular weight excluding hydrogens is 1080 g/mol. The number of carbonyl (C=O) groups excluding carboxylic acids is 5. The van der Waals surface area contributed by atoms with Gasteiger partial charge >= 0.3 is 5.97 Å². The number of aliphatic hydroxyl groups is 1. The van der Waals surface area contributed by atoms with Crippen molar-refractivity contribution in [3.8, 4) is 17.1 Å². The third-order valence-corrected chi connectivity index (χ3v) is 17.8. The zero-order chi connectivity index (χ0) is 56.3. The maximum absolute atomic E-state index is 16.1. The highest BCUT2D eigenvalue weighted by Crippen LogP contribution is 2.46. The van der Waals surface area contributed by atoms with Crippen molar-refractivity contribution in [1.29, 1.82) is 0 Å². The summed E-state index contributed by atoms with van der Waals surface area (Å²) < 4.78 is 90.9. The summed E-state index contributed by atoms with van der Waals surface area (Å²) in [7, 11) is -3.51. The second kappa shape index (κ2) is 24.0. The van der Waals surface area contributed by atoms with Crippen LogP contribution in [0.3, 0.4) is 0 Å². The van der Waals surface area contributed by atoms with E-state index in [9.17, 15) is 46.7 Å². The predicted molar refractivity (Wildman–Crippen MR) is 281 cm³/mol. The lowest BCUT2D eigenvalue weighted by Gasteiger charge is -2.31. The molecule has 79 heavy (non-hydrogen) atoms. The van der Waals surface area contributed by atoms with E-state index in [4.69, 9.17) is 33.4 Å². The van der Waals surface area contributed by atoms with Gasteiger partial charge in [-0.15, -0.1) is 11.3 Å². The average molecular weight is 1140 g/mol. The number of pyridine rings is 2. The van der Waals surface area contributed by atoms with Gasteiger partial charge in [0.05, 0.1) is 110 Å². The van der Waals surface area contributed by atoms with Crippen LogP contribution in [0.1, 0.15) is 81.2 Å². The minimum Gasteiger partial charge on any atom is -0.490 e. The molecule has 9 rings (SSSR count). The molecule has 4 aliphatic rings. The fourth-order valence-corrected chi connectivity index (χ4v) is 12.8. The lowest BCUT2D eigenvalue weighted by atomic mass is 9.86. The highest BCUT2D eigenvalue weighted by atomic mass is 32.2. The van der Waals surface area contributed by atoms with Gasteiger partial charge in [0.2, 0.25) is 37.8 Å². The summed E-state index contributed by atoms with van der Waals surface area (Å²) in [4.78, 5) is 87.6. The van der Waals surface area contributed by atoms with E-state index in [1.54, 1.807) is 26.8 Å². The van der Waals surface area contributed by atoms with E-state index in [0.29, 0.717) is 46.3 Å². The second-order valence-electron chi connectivity index (χ2n) is 19.9. The number of sulfone groups is 1. The number of benzene rings is 2. The minimum absolute atomic E-state index is 0.0268. The van der Waals surface area contributed by atoms with Gasteiger partial charge in [-0.2, -0.15) is 0 Å². The number of carbonyl (C=O) groups is 5. The number of ether oxygens (including phenoxy) is 6. The number of aromatic nitrogens is 3. The van der Waals surface area contributed by atoms with Gasteiger partial charge in [0, 0.05) is 48.0 Å². The number of amides is 4. The molecule has 1 saturated carbocycles. The summed E-state index contributed by atoms with van der Waals surface area (Å²) >= 11 is 0.979. The molecule has 424 valence electrons. The molecule has 2 aromatic carbocycles. The number of thiazole rings is 1. The molecule has 0 bridgehead atoms. The third-order valence-electron chi connectivity index (χ3n) is 14.1. The van der Waals surface area contributed by atoms with E-state index in [1.807, 2.05) is 0 Å². The molecule has 0 unspecified atom stereocenters. The second-order valence-corrected chi connectivity index (χ2v) is 23.4. The first-order valence-electron chi connectivity index (χ1n) is 26.1. The standard InChI is InChI=1S/C53H61F2N7O15S2/c1-5-53(69)34-22-39-45-32(25-62(39)50(67)33(34)26-77-51(53)68)31-8-12-76-47-43(31)38(58-45)24-36(55)46(47)61-48(65)28(4)57-49(66)44(27(2)3)60-41(63)9-11-72-14-16-74-18-19-75-17-15-73-13-10-56-42(64)21-29-20-40-37(23-35(29)54)59-52(78-40)79(70,71)30-6-7-30/h20,22-24,27-28,30,44,69H,5-19,21,25-26H2,1-4H3,(H,56,64)(H,57,66)(H,60,63)(H,61,65)/t28-,44-,53-/m0/s1. The number of halogens is 2. The van der Waals surface area contributed by atoms with Crippen molar-refractivity contribution in [2.75, 3.05) is 71.3 Å². The molecule has 1 fully saturated rings. The number of cyclic esters (lactones) is 1. The minimum atomic E-state index is -3.51. The Morgan fingerprint density at radius 2 is 1.53 bits per heavy atom. The first-order valence-corrected chi connectivity index (χ1v) is 28.5. The van der Waals surface area contributed by atoms with Crippen LogP contribution in [0.5, 0.6) is 5.75 Å². The van der Waals surface area contributed by atoms with E-state index in [1.165, 1.54) is 17.6 Å². The van der Waals surface area contributed by atoms with E-state index in [0.717, 1.165) is 29.0 Å². The Bertz CT molecular complexity index is 3400. The lowest BCUT2D eigenvalue weighted by Crippen LogP contribution is -2.53. The van der Waals surface area contributed by atoms with Crippen molar-refractivity contribution in [3.63, 3.8) is 0 Å². The molecule has 5 N–H and O–H groups in total. The van der Waals surface area contributed by atoms with Gasteiger partial charge in [0.15, 0.2) is 17.2 Å². The van der Waals surface area contributed by atoms with Gasteiger partial charge in [-0.1, -0.05) is 20.8 Å². The topological polar surface area (TPSA) is 291 Å². The third kappa shape index (κ3) is 12.1. The van der Waals surface area contributed by atoms with Gasteiger partial charge in [-0.3, -0.25) is 24.0 Å². The number of nitrogens with zero attached hydrogens (tertiary/aromatic N) is 3. The molecule has 3 aromatic heterocycles. The Balaban J connectivity index is 0.651. The Morgan fingerprint density at radius 1 is 0.848 bits per heavy atom.